The summed E-state index contributed by atoms with van der Waals surface area (Å²) in [5.41, 5.74) is 1.23. The second-order valence-corrected chi connectivity index (χ2v) is 6.29. The second kappa shape index (κ2) is 7.49. The van der Waals surface area contributed by atoms with Gasteiger partial charge in [-0.3, -0.25) is 4.98 Å². The zero-order valence-electron chi connectivity index (χ0n) is 13.0. The summed E-state index contributed by atoms with van der Waals surface area (Å²) in [7, 11) is 0. The minimum Gasteiger partial charge on any atom is -0.493 e. The average Bonchev–Trinajstić information content (AvgIpc) is 2.34. The molecule has 0 spiro atoms. The topological polar surface area (TPSA) is 34.1 Å². The largest absolute Gasteiger partial charge is 0.493 e. The molecule has 0 saturated heterocycles. The zero-order valence-corrected chi connectivity index (χ0v) is 13.0. The lowest BCUT2D eigenvalue weighted by atomic mass is 10.1. The Balaban J connectivity index is 2.57. The van der Waals surface area contributed by atoms with Crippen molar-refractivity contribution in [2.75, 3.05) is 6.61 Å². The van der Waals surface area contributed by atoms with Crippen molar-refractivity contribution in [3.05, 3.63) is 24.0 Å². The molecule has 19 heavy (non-hydrogen) atoms. The molecule has 1 aromatic heterocycles. The van der Waals surface area contributed by atoms with E-state index in [0.29, 0.717) is 5.92 Å². The van der Waals surface area contributed by atoms with Crippen LogP contribution in [0.4, 0.5) is 0 Å². The Hall–Kier alpha value is -1.09. The number of aromatic nitrogens is 1. The van der Waals surface area contributed by atoms with E-state index in [-0.39, 0.29) is 5.54 Å². The van der Waals surface area contributed by atoms with Gasteiger partial charge in [-0.05, 0) is 39.2 Å². The predicted octanol–water partition coefficient (Wildman–Crippen LogP) is 3.78. The minimum atomic E-state index is 0.0998. The van der Waals surface area contributed by atoms with Crippen LogP contribution in [0, 0.1) is 5.92 Å². The molecule has 0 aliphatic carbocycles. The highest BCUT2D eigenvalue weighted by atomic mass is 16.5. The van der Waals surface area contributed by atoms with Crippen molar-refractivity contribution in [3.8, 4) is 5.75 Å². The Morgan fingerprint density at radius 3 is 2.74 bits per heavy atom. The van der Waals surface area contributed by atoms with Crippen molar-refractivity contribution in [1.29, 1.82) is 0 Å². The van der Waals surface area contributed by atoms with Gasteiger partial charge >= 0.3 is 0 Å². The van der Waals surface area contributed by atoms with E-state index in [9.17, 15) is 0 Å². The van der Waals surface area contributed by atoms with E-state index in [0.717, 1.165) is 24.5 Å². The van der Waals surface area contributed by atoms with E-state index in [4.69, 9.17) is 4.74 Å². The van der Waals surface area contributed by atoms with Gasteiger partial charge in [0.25, 0.3) is 0 Å². The monoisotopic (exact) mass is 264 g/mol. The van der Waals surface area contributed by atoms with Crippen LogP contribution < -0.4 is 10.1 Å². The average molecular weight is 264 g/mol. The molecule has 1 unspecified atom stereocenters. The summed E-state index contributed by atoms with van der Waals surface area (Å²) >= 11 is 0. The van der Waals surface area contributed by atoms with Crippen LogP contribution in [0.3, 0.4) is 0 Å². The fourth-order valence-electron chi connectivity index (χ4n) is 1.86. The summed E-state index contributed by atoms with van der Waals surface area (Å²) in [5.74, 6) is 1.55. The van der Waals surface area contributed by atoms with Gasteiger partial charge in [-0.1, -0.05) is 20.3 Å². The third-order valence-electron chi connectivity index (χ3n) is 2.97. The lowest BCUT2D eigenvalue weighted by Gasteiger charge is -2.22. The van der Waals surface area contributed by atoms with E-state index in [2.05, 4.69) is 44.9 Å². The molecule has 0 radical (unpaired) electrons. The number of hydrogen-bond acceptors (Lipinski definition) is 3. The molecular weight excluding hydrogens is 236 g/mol. The number of pyridine rings is 1. The number of nitrogens with zero attached hydrogens (tertiary/aromatic N) is 1. The van der Waals surface area contributed by atoms with Crippen LogP contribution in [0.5, 0.6) is 5.75 Å². The highest BCUT2D eigenvalue weighted by molar-refractivity contribution is 5.30. The molecule has 108 valence electrons. The van der Waals surface area contributed by atoms with E-state index < -0.39 is 0 Å². The van der Waals surface area contributed by atoms with E-state index in [1.165, 1.54) is 12.8 Å². The number of ether oxygens (including phenoxy) is 1. The molecule has 1 aromatic rings. The maximum absolute atomic E-state index is 5.94. The van der Waals surface area contributed by atoms with Crippen LogP contribution in [0.15, 0.2) is 18.5 Å². The summed E-state index contributed by atoms with van der Waals surface area (Å²) in [6.45, 7) is 12.5. The summed E-state index contributed by atoms with van der Waals surface area (Å²) < 4.78 is 5.94. The molecular formula is C16H28N2O. The quantitative estimate of drug-likeness (QED) is 0.813. The van der Waals surface area contributed by atoms with Gasteiger partial charge in [-0.25, -0.2) is 0 Å². The first-order valence-electron chi connectivity index (χ1n) is 7.23. The molecule has 0 bridgehead atoms. The van der Waals surface area contributed by atoms with Gasteiger partial charge < -0.3 is 10.1 Å². The van der Waals surface area contributed by atoms with Crippen LogP contribution in [-0.2, 0) is 6.54 Å². The molecule has 3 nitrogen and oxygen atoms in total. The van der Waals surface area contributed by atoms with Gasteiger partial charge in [0, 0.05) is 30.0 Å². The molecule has 1 heterocycles. The van der Waals surface area contributed by atoms with Crippen molar-refractivity contribution < 1.29 is 4.74 Å². The molecule has 0 aliphatic heterocycles. The SMILES string of the molecule is CCCC(C)COc1ccncc1CNC(C)(C)C. The lowest BCUT2D eigenvalue weighted by molar-refractivity contribution is 0.248. The summed E-state index contributed by atoms with van der Waals surface area (Å²) in [6.07, 6.45) is 6.10. The fourth-order valence-corrected chi connectivity index (χ4v) is 1.86. The number of nitrogens with one attached hydrogen (secondary N) is 1. The van der Waals surface area contributed by atoms with Gasteiger partial charge in [-0.15, -0.1) is 0 Å². The lowest BCUT2D eigenvalue weighted by Crippen LogP contribution is -2.35. The maximum Gasteiger partial charge on any atom is 0.126 e. The smallest absolute Gasteiger partial charge is 0.126 e. The van der Waals surface area contributed by atoms with E-state index >= 15 is 0 Å². The molecule has 1 atom stereocenters. The summed E-state index contributed by atoms with van der Waals surface area (Å²) in [4.78, 5) is 4.19. The fraction of sp³-hybridized carbons (Fsp3) is 0.688. The Bertz CT molecular complexity index is 371. The summed E-state index contributed by atoms with van der Waals surface area (Å²) in [6, 6.07) is 1.96. The minimum absolute atomic E-state index is 0.0998. The van der Waals surface area contributed by atoms with Crippen molar-refractivity contribution in [1.82, 2.24) is 10.3 Å². The normalized spacial score (nSPS) is 13.3. The van der Waals surface area contributed by atoms with Crippen molar-refractivity contribution in [2.24, 2.45) is 5.92 Å². The molecule has 0 saturated carbocycles. The molecule has 0 fully saturated rings. The van der Waals surface area contributed by atoms with Crippen LogP contribution in [-0.4, -0.2) is 17.1 Å². The predicted molar refractivity (Wildman–Crippen MR) is 80.4 cm³/mol. The van der Waals surface area contributed by atoms with Gasteiger partial charge in [0.2, 0.25) is 0 Å². The highest BCUT2D eigenvalue weighted by Crippen LogP contribution is 2.19. The Morgan fingerprint density at radius 1 is 1.37 bits per heavy atom. The highest BCUT2D eigenvalue weighted by Gasteiger charge is 2.11. The first kappa shape index (κ1) is 16.0. The number of hydrogen-bond donors (Lipinski definition) is 1. The second-order valence-electron chi connectivity index (χ2n) is 6.29. The van der Waals surface area contributed by atoms with Crippen LogP contribution in [0.25, 0.3) is 0 Å². The van der Waals surface area contributed by atoms with Gasteiger partial charge in [0.15, 0.2) is 0 Å². The van der Waals surface area contributed by atoms with Crippen molar-refractivity contribution in [2.45, 2.75) is 59.5 Å². The first-order chi connectivity index (χ1) is 8.92. The Kier molecular flexibility index (Phi) is 6.29. The van der Waals surface area contributed by atoms with Crippen LogP contribution >= 0.6 is 0 Å². The van der Waals surface area contributed by atoms with E-state index in [1.807, 2.05) is 12.3 Å². The van der Waals surface area contributed by atoms with Gasteiger partial charge in [0.05, 0.1) is 6.61 Å². The molecule has 1 rings (SSSR count). The Labute approximate surface area is 117 Å². The Morgan fingerprint density at radius 2 is 2.11 bits per heavy atom. The maximum atomic E-state index is 5.94. The van der Waals surface area contributed by atoms with Crippen molar-refractivity contribution in [3.63, 3.8) is 0 Å². The van der Waals surface area contributed by atoms with Gasteiger partial charge in [-0.2, -0.15) is 0 Å². The third kappa shape index (κ3) is 6.58. The molecule has 3 heteroatoms. The molecule has 0 aromatic carbocycles. The molecule has 0 amide bonds. The summed E-state index contributed by atoms with van der Waals surface area (Å²) in [5, 5.41) is 3.47. The third-order valence-corrected chi connectivity index (χ3v) is 2.97. The van der Waals surface area contributed by atoms with Crippen LogP contribution in [0.1, 0.15) is 53.0 Å². The van der Waals surface area contributed by atoms with Gasteiger partial charge in [0.1, 0.15) is 5.75 Å². The van der Waals surface area contributed by atoms with Crippen molar-refractivity contribution >= 4 is 0 Å². The molecule has 0 aliphatic rings. The number of rotatable bonds is 7. The first-order valence-corrected chi connectivity index (χ1v) is 7.23. The van der Waals surface area contributed by atoms with Crippen LogP contribution in [0.2, 0.25) is 0 Å². The molecule has 1 N–H and O–H groups in total. The zero-order chi connectivity index (χ0) is 14.3. The standard InChI is InChI=1S/C16H28N2O/c1-6-7-13(2)12-19-15-8-9-17-10-14(15)11-18-16(3,4)5/h8-10,13,18H,6-7,11-12H2,1-5H3. The van der Waals surface area contributed by atoms with E-state index in [1.54, 1.807) is 6.20 Å².